The van der Waals surface area contributed by atoms with E-state index in [1.54, 1.807) is 6.20 Å². The van der Waals surface area contributed by atoms with Crippen LogP contribution in [0.3, 0.4) is 0 Å². The zero-order valence-corrected chi connectivity index (χ0v) is 15.9. The Kier molecular flexibility index (Phi) is 5.31. The van der Waals surface area contributed by atoms with Gasteiger partial charge in [-0.05, 0) is 18.1 Å². The van der Waals surface area contributed by atoms with Crippen LogP contribution >= 0.6 is 0 Å². The number of hydrogen-bond acceptors (Lipinski definition) is 6. The molecular weight excluding hydrogens is 340 g/mol. The largest absolute Gasteiger partial charge is 0.379 e. The molecule has 0 spiro atoms. The predicted octanol–water partition coefficient (Wildman–Crippen LogP) is 2.73. The van der Waals surface area contributed by atoms with Gasteiger partial charge in [-0.15, -0.1) is 0 Å². The molecule has 1 atom stereocenters. The number of anilines is 1. The Bertz CT molecular complexity index is 873. The molecule has 1 saturated heterocycles. The van der Waals surface area contributed by atoms with Gasteiger partial charge in [0.05, 0.1) is 31.1 Å². The van der Waals surface area contributed by atoms with E-state index in [1.165, 1.54) is 0 Å². The van der Waals surface area contributed by atoms with Crippen LogP contribution in [0.2, 0.25) is 0 Å². The lowest BCUT2D eigenvalue weighted by Crippen LogP contribution is -2.42. The second-order valence-corrected chi connectivity index (χ2v) is 7.12. The molecule has 0 radical (unpaired) electrons. The molecule has 7 nitrogen and oxygen atoms in total. The maximum absolute atomic E-state index is 5.53. The number of nitrogens with one attached hydrogen (secondary N) is 1. The third-order valence-electron chi connectivity index (χ3n) is 4.96. The number of hydrogen-bond donors (Lipinski definition) is 1. The first-order valence-corrected chi connectivity index (χ1v) is 9.53. The quantitative estimate of drug-likeness (QED) is 0.724. The molecule has 7 heteroatoms. The monoisotopic (exact) mass is 366 g/mol. The van der Waals surface area contributed by atoms with Gasteiger partial charge >= 0.3 is 0 Å². The van der Waals surface area contributed by atoms with E-state index in [0.717, 1.165) is 55.7 Å². The van der Waals surface area contributed by atoms with Crippen LogP contribution in [0.5, 0.6) is 0 Å². The van der Waals surface area contributed by atoms with Gasteiger partial charge in [0, 0.05) is 43.7 Å². The molecule has 4 rings (SSSR count). The van der Waals surface area contributed by atoms with Crippen molar-refractivity contribution in [2.45, 2.75) is 25.8 Å². The van der Waals surface area contributed by atoms with Crippen molar-refractivity contribution >= 4 is 11.5 Å². The number of aromatic nitrogens is 4. The maximum atomic E-state index is 5.53. The van der Waals surface area contributed by atoms with Crippen LogP contribution in [-0.4, -0.2) is 57.3 Å². The molecule has 0 saturated carbocycles. The molecule has 3 aromatic rings. The van der Waals surface area contributed by atoms with Crippen LogP contribution < -0.4 is 5.32 Å². The van der Waals surface area contributed by atoms with Gasteiger partial charge in [0.15, 0.2) is 5.65 Å². The van der Waals surface area contributed by atoms with E-state index in [1.807, 2.05) is 28.9 Å². The molecule has 1 aliphatic heterocycles. The molecule has 1 N–H and O–H groups in total. The molecule has 4 heterocycles. The van der Waals surface area contributed by atoms with Crippen LogP contribution in [0.25, 0.3) is 5.65 Å². The fourth-order valence-corrected chi connectivity index (χ4v) is 3.44. The van der Waals surface area contributed by atoms with Gasteiger partial charge in [-0.2, -0.15) is 9.61 Å². The zero-order valence-electron chi connectivity index (χ0n) is 15.9. The molecule has 0 aromatic carbocycles. The first kappa shape index (κ1) is 17.9. The van der Waals surface area contributed by atoms with Gasteiger partial charge in [0.1, 0.15) is 5.82 Å². The molecule has 1 fully saturated rings. The highest BCUT2D eigenvalue weighted by molar-refractivity contribution is 5.49. The summed E-state index contributed by atoms with van der Waals surface area (Å²) in [5, 5.41) is 8.03. The predicted molar refractivity (Wildman–Crippen MR) is 105 cm³/mol. The van der Waals surface area contributed by atoms with Crippen LogP contribution in [0, 0.1) is 0 Å². The normalized spacial score (nSPS) is 16.7. The van der Waals surface area contributed by atoms with Crippen molar-refractivity contribution in [2.75, 3.05) is 38.2 Å². The van der Waals surface area contributed by atoms with E-state index in [0.29, 0.717) is 5.92 Å². The van der Waals surface area contributed by atoms with E-state index in [-0.39, 0.29) is 6.04 Å². The van der Waals surface area contributed by atoms with E-state index in [9.17, 15) is 0 Å². The number of morpholine rings is 1. The van der Waals surface area contributed by atoms with Crippen molar-refractivity contribution in [3.63, 3.8) is 0 Å². The Morgan fingerprint density at radius 2 is 1.96 bits per heavy atom. The minimum Gasteiger partial charge on any atom is -0.379 e. The van der Waals surface area contributed by atoms with E-state index >= 15 is 0 Å². The van der Waals surface area contributed by atoms with Gasteiger partial charge in [-0.1, -0.05) is 19.9 Å². The van der Waals surface area contributed by atoms with Crippen molar-refractivity contribution in [2.24, 2.45) is 0 Å². The van der Waals surface area contributed by atoms with Crippen molar-refractivity contribution in [3.05, 3.63) is 54.1 Å². The third-order valence-corrected chi connectivity index (χ3v) is 4.96. The smallest absolute Gasteiger partial charge is 0.157 e. The lowest BCUT2D eigenvalue weighted by molar-refractivity contribution is 0.0179. The summed E-state index contributed by atoms with van der Waals surface area (Å²) in [6.07, 6.45) is 3.65. The number of ether oxygens (including phenoxy) is 1. The van der Waals surface area contributed by atoms with Crippen molar-refractivity contribution in [3.8, 4) is 0 Å². The average molecular weight is 366 g/mol. The lowest BCUT2D eigenvalue weighted by Gasteiger charge is -2.34. The maximum Gasteiger partial charge on any atom is 0.157 e. The van der Waals surface area contributed by atoms with Gasteiger partial charge in [0.2, 0.25) is 0 Å². The van der Waals surface area contributed by atoms with Gasteiger partial charge in [-0.3, -0.25) is 9.88 Å². The number of nitrogens with zero attached hydrogens (tertiary/aromatic N) is 5. The van der Waals surface area contributed by atoms with E-state index in [4.69, 9.17) is 9.72 Å². The summed E-state index contributed by atoms with van der Waals surface area (Å²) in [4.78, 5) is 11.7. The summed E-state index contributed by atoms with van der Waals surface area (Å²) >= 11 is 0. The zero-order chi connectivity index (χ0) is 18.6. The molecule has 0 aliphatic carbocycles. The number of rotatable bonds is 6. The lowest BCUT2D eigenvalue weighted by atomic mass is 10.1. The van der Waals surface area contributed by atoms with E-state index in [2.05, 4.69) is 46.3 Å². The Morgan fingerprint density at radius 1 is 1.11 bits per heavy atom. The molecule has 142 valence electrons. The summed E-state index contributed by atoms with van der Waals surface area (Å²) < 4.78 is 7.39. The highest BCUT2D eigenvalue weighted by atomic mass is 16.5. The summed E-state index contributed by atoms with van der Waals surface area (Å²) in [6.45, 7) is 8.40. The first-order valence-electron chi connectivity index (χ1n) is 9.53. The van der Waals surface area contributed by atoms with E-state index < -0.39 is 0 Å². The Balaban J connectivity index is 1.61. The van der Waals surface area contributed by atoms with Crippen LogP contribution in [0.15, 0.2) is 42.7 Å². The minimum absolute atomic E-state index is 0.177. The van der Waals surface area contributed by atoms with Crippen LogP contribution in [0.4, 0.5) is 5.82 Å². The van der Waals surface area contributed by atoms with Gasteiger partial charge < -0.3 is 10.1 Å². The first-order chi connectivity index (χ1) is 13.2. The Labute approximate surface area is 159 Å². The van der Waals surface area contributed by atoms with Crippen molar-refractivity contribution < 1.29 is 4.74 Å². The van der Waals surface area contributed by atoms with Crippen molar-refractivity contribution in [1.29, 1.82) is 0 Å². The summed E-state index contributed by atoms with van der Waals surface area (Å²) in [5.74, 6) is 1.32. The van der Waals surface area contributed by atoms with Gasteiger partial charge in [-0.25, -0.2) is 4.98 Å². The molecule has 0 amide bonds. The molecule has 1 unspecified atom stereocenters. The summed E-state index contributed by atoms with van der Waals surface area (Å²) in [5.41, 5.74) is 3.00. The van der Waals surface area contributed by atoms with Gasteiger partial charge in [0.25, 0.3) is 0 Å². The highest BCUT2D eigenvalue weighted by Crippen LogP contribution is 2.23. The average Bonchev–Trinajstić information content (AvgIpc) is 3.18. The second kappa shape index (κ2) is 8.02. The fourth-order valence-electron chi connectivity index (χ4n) is 3.44. The topological polar surface area (TPSA) is 67.6 Å². The summed E-state index contributed by atoms with van der Waals surface area (Å²) in [7, 11) is 0. The number of fused-ring (bicyclic) bond motifs is 1. The van der Waals surface area contributed by atoms with Crippen LogP contribution in [0.1, 0.15) is 37.2 Å². The molecule has 0 bridgehead atoms. The summed E-state index contributed by atoms with van der Waals surface area (Å²) in [6, 6.07) is 10.3. The fraction of sp³-hybridized carbons (Fsp3) is 0.450. The molecule has 1 aliphatic rings. The SMILES string of the molecule is CC(C)c1cc(NCC(c2ccccn2)N2CCOCC2)n2nccc2n1. The third kappa shape index (κ3) is 3.94. The second-order valence-electron chi connectivity index (χ2n) is 7.12. The highest BCUT2D eigenvalue weighted by Gasteiger charge is 2.24. The molecule has 3 aromatic heterocycles. The standard InChI is InChI=1S/C20H26N6O/c1-15(2)17-13-20(26-19(24-17)6-8-23-26)22-14-18(16-5-3-4-7-21-16)25-9-11-27-12-10-25/h3-8,13,15,18,22H,9-12,14H2,1-2H3. The molecule has 27 heavy (non-hydrogen) atoms. The number of pyridine rings is 1. The molecular formula is C20H26N6O. The van der Waals surface area contributed by atoms with Crippen molar-refractivity contribution in [1.82, 2.24) is 24.5 Å². The minimum atomic E-state index is 0.177. The van der Waals surface area contributed by atoms with Crippen LogP contribution in [-0.2, 0) is 4.74 Å². The Hall–Kier alpha value is -2.51. The Morgan fingerprint density at radius 3 is 2.70 bits per heavy atom.